The summed E-state index contributed by atoms with van der Waals surface area (Å²) in [6.45, 7) is 11.7. The summed E-state index contributed by atoms with van der Waals surface area (Å²) >= 11 is 0. The summed E-state index contributed by atoms with van der Waals surface area (Å²) in [5.74, 6) is 0.802. The van der Waals surface area contributed by atoms with Gasteiger partial charge in [0.1, 0.15) is 0 Å². The molecule has 0 aromatic rings. The number of rotatable bonds is 7. The number of nitrogens with zero attached hydrogens (tertiary/aromatic N) is 2. The average molecular weight is 269 g/mol. The van der Waals surface area contributed by atoms with Gasteiger partial charge in [-0.05, 0) is 51.9 Å². The van der Waals surface area contributed by atoms with Crippen LogP contribution in [0.1, 0.15) is 40.0 Å². The van der Waals surface area contributed by atoms with Gasteiger partial charge in [0.2, 0.25) is 0 Å². The lowest BCUT2D eigenvalue weighted by Gasteiger charge is -2.45. The van der Waals surface area contributed by atoms with Gasteiger partial charge in [-0.1, -0.05) is 27.2 Å². The molecule has 0 heterocycles. The van der Waals surface area contributed by atoms with Crippen LogP contribution in [-0.2, 0) is 0 Å². The molecule has 114 valence electrons. The van der Waals surface area contributed by atoms with E-state index in [0.717, 1.165) is 19.0 Å². The van der Waals surface area contributed by atoms with Crippen LogP contribution in [0.25, 0.3) is 0 Å². The maximum absolute atomic E-state index is 3.76. The van der Waals surface area contributed by atoms with Crippen LogP contribution in [0, 0.1) is 11.3 Å². The van der Waals surface area contributed by atoms with Crippen molar-refractivity contribution in [1.82, 2.24) is 15.1 Å². The van der Waals surface area contributed by atoms with Gasteiger partial charge < -0.3 is 15.1 Å². The van der Waals surface area contributed by atoms with Crippen molar-refractivity contribution in [3.8, 4) is 0 Å². The van der Waals surface area contributed by atoms with Gasteiger partial charge in [0, 0.05) is 25.7 Å². The van der Waals surface area contributed by atoms with Crippen molar-refractivity contribution in [2.75, 3.05) is 47.3 Å². The molecule has 0 saturated heterocycles. The van der Waals surface area contributed by atoms with Crippen molar-refractivity contribution in [2.45, 2.75) is 46.1 Å². The fourth-order valence-corrected chi connectivity index (χ4v) is 3.50. The lowest BCUT2D eigenvalue weighted by atomic mass is 9.67. The Bertz CT molecular complexity index is 250. The fraction of sp³-hybridized carbons (Fsp3) is 1.00. The maximum atomic E-state index is 3.76. The first-order chi connectivity index (χ1) is 8.86. The van der Waals surface area contributed by atoms with E-state index in [0.29, 0.717) is 11.5 Å². The molecule has 0 amide bonds. The van der Waals surface area contributed by atoms with Crippen molar-refractivity contribution in [2.24, 2.45) is 11.3 Å². The molecule has 1 aliphatic rings. The van der Waals surface area contributed by atoms with E-state index in [1.54, 1.807) is 0 Å². The van der Waals surface area contributed by atoms with E-state index < -0.39 is 0 Å². The Labute approximate surface area is 120 Å². The van der Waals surface area contributed by atoms with E-state index in [9.17, 15) is 0 Å². The SMILES string of the molecule is CCNC1C(CN(C)CCN(C)C)CCCC1(C)C. The summed E-state index contributed by atoms with van der Waals surface area (Å²) in [6.07, 6.45) is 4.14. The van der Waals surface area contributed by atoms with E-state index in [1.807, 2.05) is 0 Å². The third-order valence-corrected chi connectivity index (χ3v) is 4.61. The molecule has 1 rings (SSSR count). The normalized spacial score (nSPS) is 27.2. The number of nitrogens with one attached hydrogen (secondary N) is 1. The summed E-state index contributed by atoms with van der Waals surface area (Å²) < 4.78 is 0. The molecule has 0 spiro atoms. The molecule has 0 aliphatic heterocycles. The fourth-order valence-electron chi connectivity index (χ4n) is 3.50. The van der Waals surface area contributed by atoms with Crippen LogP contribution in [0.3, 0.4) is 0 Å². The quantitative estimate of drug-likeness (QED) is 0.765. The van der Waals surface area contributed by atoms with Gasteiger partial charge in [-0.15, -0.1) is 0 Å². The zero-order chi connectivity index (χ0) is 14.5. The molecule has 19 heavy (non-hydrogen) atoms. The maximum Gasteiger partial charge on any atom is 0.0159 e. The van der Waals surface area contributed by atoms with Crippen LogP contribution in [0.2, 0.25) is 0 Å². The van der Waals surface area contributed by atoms with Crippen molar-refractivity contribution in [1.29, 1.82) is 0 Å². The second kappa shape index (κ2) is 7.61. The Kier molecular flexibility index (Phi) is 6.78. The van der Waals surface area contributed by atoms with Crippen LogP contribution in [0.4, 0.5) is 0 Å². The molecule has 1 aliphatic carbocycles. The minimum Gasteiger partial charge on any atom is -0.313 e. The second-order valence-corrected chi connectivity index (χ2v) is 7.24. The third-order valence-electron chi connectivity index (χ3n) is 4.61. The lowest BCUT2D eigenvalue weighted by molar-refractivity contribution is 0.0848. The van der Waals surface area contributed by atoms with Gasteiger partial charge in [0.15, 0.2) is 0 Å². The van der Waals surface area contributed by atoms with E-state index in [4.69, 9.17) is 0 Å². The molecule has 1 N–H and O–H groups in total. The standard InChI is InChI=1S/C16H35N3/c1-7-17-15-14(9-8-10-16(15,2)3)13-19(6)12-11-18(4)5/h14-15,17H,7-13H2,1-6H3. The molecule has 3 heteroatoms. The summed E-state index contributed by atoms with van der Waals surface area (Å²) in [5.41, 5.74) is 0.446. The van der Waals surface area contributed by atoms with Gasteiger partial charge in [-0.3, -0.25) is 0 Å². The first-order valence-electron chi connectivity index (χ1n) is 7.93. The average Bonchev–Trinajstić information content (AvgIpc) is 2.31. The van der Waals surface area contributed by atoms with E-state index >= 15 is 0 Å². The Morgan fingerprint density at radius 3 is 2.42 bits per heavy atom. The van der Waals surface area contributed by atoms with Crippen LogP contribution >= 0.6 is 0 Å². The molecule has 3 nitrogen and oxygen atoms in total. The number of likely N-dealkylation sites (N-methyl/N-ethyl adjacent to an activating group) is 2. The first-order valence-corrected chi connectivity index (χ1v) is 7.93. The highest BCUT2D eigenvalue weighted by Gasteiger charge is 2.38. The Balaban J connectivity index is 2.53. The highest BCUT2D eigenvalue weighted by molar-refractivity contribution is 4.94. The van der Waals surface area contributed by atoms with Gasteiger partial charge in [-0.2, -0.15) is 0 Å². The summed E-state index contributed by atoms with van der Waals surface area (Å²) in [6, 6.07) is 0.674. The Hall–Kier alpha value is -0.120. The highest BCUT2D eigenvalue weighted by atomic mass is 15.2. The van der Waals surface area contributed by atoms with Gasteiger partial charge in [0.25, 0.3) is 0 Å². The Morgan fingerprint density at radius 1 is 1.16 bits per heavy atom. The first kappa shape index (κ1) is 16.9. The predicted octanol–water partition coefficient (Wildman–Crippen LogP) is 2.28. The molecule has 0 aromatic heterocycles. The van der Waals surface area contributed by atoms with Crippen LogP contribution in [0.15, 0.2) is 0 Å². The summed E-state index contributed by atoms with van der Waals surface area (Å²) in [4.78, 5) is 4.78. The van der Waals surface area contributed by atoms with Crippen molar-refractivity contribution in [3.63, 3.8) is 0 Å². The smallest absolute Gasteiger partial charge is 0.0159 e. The molecular formula is C16H35N3. The molecule has 1 fully saturated rings. The van der Waals surface area contributed by atoms with Crippen LogP contribution < -0.4 is 5.32 Å². The zero-order valence-corrected chi connectivity index (χ0v) is 14.0. The predicted molar refractivity (Wildman–Crippen MR) is 84.6 cm³/mol. The monoisotopic (exact) mass is 269 g/mol. The second-order valence-electron chi connectivity index (χ2n) is 7.24. The topological polar surface area (TPSA) is 18.5 Å². The van der Waals surface area contributed by atoms with Crippen molar-refractivity contribution in [3.05, 3.63) is 0 Å². The van der Waals surface area contributed by atoms with E-state index in [2.05, 4.69) is 57.0 Å². The van der Waals surface area contributed by atoms with Crippen LogP contribution in [0.5, 0.6) is 0 Å². The molecular weight excluding hydrogens is 234 g/mol. The van der Waals surface area contributed by atoms with Crippen LogP contribution in [-0.4, -0.2) is 63.2 Å². The largest absolute Gasteiger partial charge is 0.313 e. The zero-order valence-electron chi connectivity index (χ0n) is 14.0. The summed E-state index contributed by atoms with van der Waals surface area (Å²) in [7, 11) is 6.58. The minimum absolute atomic E-state index is 0.446. The molecule has 0 radical (unpaired) electrons. The molecule has 1 saturated carbocycles. The number of hydrogen-bond acceptors (Lipinski definition) is 3. The highest BCUT2D eigenvalue weighted by Crippen LogP contribution is 2.39. The van der Waals surface area contributed by atoms with Gasteiger partial charge in [-0.25, -0.2) is 0 Å². The summed E-state index contributed by atoms with van der Waals surface area (Å²) in [5, 5.41) is 3.76. The number of hydrogen-bond donors (Lipinski definition) is 1. The third kappa shape index (κ3) is 5.41. The van der Waals surface area contributed by atoms with E-state index in [1.165, 1.54) is 32.4 Å². The lowest BCUT2D eigenvalue weighted by Crippen LogP contribution is -2.52. The molecule has 0 bridgehead atoms. The molecule has 2 atom stereocenters. The molecule has 2 unspecified atom stereocenters. The van der Waals surface area contributed by atoms with Gasteiger partial charge >= 0.3 is 0 Å². The molecule has 0 aromatic carbocycles. The Morgan fingerprint density at radius 2 is 1.84 bits per heavy atom. The minimum atomic E-state index is 0.446. The van der Waals surface area contributed by atoms with E-state index in [-0.39, 0.29) is 0 Å². The van der Waals surface area contributed by atoms with Crippen molar-refractivity contribution >= 4 is 0 Å². The van der Waals surface area contributed by atoms with Gasteiger partial charge in [0.05, 0.1) is 0 Å². The van der Waals surface area contributed by atoms with Crippen molar-refractivity contribution < 1.29 is 0 Å².